The van der Waals surface area contributed by atoms with Gasteiger partial charge in [-0.15, -0.1) is 0 Å². The van der Waals surface area contributed by atoms with Crippen molar-refractivity contribution in [2.45, 2.75) is 18.4 Å². The van der Waals surface area contributed by atoms with Gasteiger partial charge >= 0.3 is 0 Å². The summed E-state index contributed by atoms with van der Waals surface area (Å²) in [6, 6.07) is 7.44. The molecule has 176 valence electrons. The van der Waals surface area contributed by atoms with Crippen molar-refractivity contribution in [3.63, 3.8) is 0 Å². The molecule has 0 aliphatic carbocycles. The van der Waals surface area contributed by atoms with Crippen LogP contribution in [0.4, 0.5) is 5.69 Å². The molecule has 0 saturated heterocycles. The lowest BCUT2D eigenvalue weighted by atomic mass is 10.1. The summed E-state index contributed by atoms with van der Waals surface area (Å²) in [4.78, 5) is 14.4. The number of sulfonamides is 1. The van der Waals surface area contributed by atoms with Gasteiger partial charge in [0.1, 0.15) is 11.5 Å². The minimum atomic E-state index is -4.06. The van der Waals surface area contributed by atoms with E-state index in [1.54, 1.807) is 44.0 Å². The summed E-state index contributed by atoms with van der Waals surface area (Å²) >= 11 is 6.16. The Morgan fingerprint density at radius 3 is 2.48 bits per heavy atom. The Bertz CT molecular complexity index is 1290. The molecule has 11 heteroatoms. The van der Waals surface area contributed by atoms with Crippen molar-refractivity contribution in [3.8, 4) is 11.5 Å². The summed E-state index contributed by atoms with van der Waals surface area (Å²) in [5, 5.41) is 4.31. The van der Waals surface area contributed by atoms with Gasteiger partial charge in [-0.25, -0.2) is 8.42 Å². The number of hydrogen-bond donors (Lipinski definition) is 1. The van der Waals surface area contributed by atoms with Crippen LogP contribution in [0.5, 0.6) is 11.5 Å². The molecule has 1 heterocycles. The zero-order valence-electron chi connectivity index (χ0n) is 18.9. The summed E-state index contributed by atoms with van der Waals surface area (Å²) in [7, 11) is 2.23. The molecule has 3 rings (SSSR count). The molecule has 2 aromatic carbocycles. The summed E-state index contributed by atoms with van der Waals surface area (Å²) in [5.41, 5.74) is 1.73. The predicted octanol–water partition coefficient (Wildman–Crippen LogP) is 3.47. The van der Waals surface area contributed by atoms with Crippen molar-refractivity contribution in [2.24, 2.45) is 7.05 Å². The molecular weight excluding hydrogens is 468 g/mol. The third-order valence-electron chi connectivity index (χ3n) is 4.97. The molecule has 0 spiro atoms. The minimum absolute atomic E-state index is 0.0304. The van der Waals surface area contributed by atoms with Crippen LogP contribution < -0.4 is 14.2 Å². The number of benzene rings is 2. The highest BCUT2D eigenvalue weighted by atomic mass is 35.5. The van der Waals surface area contributed by atoms with E-state index in [0.29, 0.717) is 17.9 Å². The van der Waals surface area contributed by atoms with Crippen LogP contribution in [0.2, 0.25) is 5.02 Å². The Balaban J connectivity index is 1.90. The van der Waals surface area contributed by atoms with E-state index in [1.807, 2.05) is 6.20 Å². The fourth-order valence-electron chi connectivity index (χ4n) is 3.28. The number of hydrogen-bond acceptors (Lipinski definition) is 6. The van der Waals surface area contributed by atoms with Gasteiger partial charge in [0.05, 0.1) is 36.0 Å². The number of amides is 1. The minimum Gasteiger partial charge on any atom is -0.495 e. The molecule has 1 aromatic heterocycles. The standard InChI is InChI=1S/C22H25ClN4O5S/c1-14-6-7-16(22(28)26(2)12-15-11-24-27(3)13-15)8-21(14)33(29,30)25-18-9-17(23)19(31-4)10-20(18)32-5/h6-11,13,25H,12H2,1-5H3. The van der Waals surface area contributed by atoms with Crippen LogP contribution in [-0.2, 0) is 23.6 Å². The van der Waals surface area contributed by atoms with E-state index < -0.39 is 10.0 Å². The quantitative estimate of drug-likeness (QED) is 0.516. The largest absolute Gasteiger partial charge is 0.495 e. The topological polar surface area (TPSA) is 103 Å². The van der Waals surface area contributed by atoms with Crippen LogP contribution in [0.1, 0.15) is 21.5 Å². The van der Waals surface area contributed by atoms with Crippen LogP contribution in [0.3, 0.4) is 0 Å². The SMILES string of the molecule is COc1cc(OC)c(NS(=O)(=O)c2cc(C(=O)N(C)Cc3cnn(C)c3)ccc2C)cc1Cl. The van der Waals surface area contributed by atoms with Gasteiger partial charge in [-0.3, -0.25) is 14.2 Å². The van der Waals surface area contributed by atoms with Crippen molar-refractivity contribution in [3.05, 3.63) is 64.4 Å². The highest BCUT2D eigenvalue weighted by Gasteiger charge is 2.23. The Morgan fingerprint density at radius 2 is 1.88 bits per heavy atom. The second kappa shape index (κ2) is 9.72. The van der Waals surface area contributed by atoms with E-state index >= 15 is 0 Å². The molecule has 0 atom stereocenters. The van der Waals surface area contributed by atoms with Gasteiger partial charge in [0, 0.05) is 44.0 Å². The van der Waals surface area contributed by atoms with Gasteiger partial charge in [0.2, 0.25) is 0 Å². The third-order valence-corrected chi connectivity index (χ3v) is 6.77. The number of halogens is 1. The number of rotatable bonds is 8. The van der Waals surface area contributed by atoms with Crippen molar-refractivity contribution in [1.29, 1.82) is 0 Å². The molecule has 0 fully saturated rings. The highest BCUT2D eigenvalue weighted by Crippen LogP contribution is 2.37. The lowest BCUT2D eigenvalue weighted by Crippen LogP contribution is -2.26. The number of aryl methyl sites for hydroxylation is 2. The number of aromatic nitrogens is 2. The monoisotopic (exact) mass is 492 g/mol. The average Bonchev–Trinajstić information content (AvgIpc) is 3.17. The van der Waals surface area contributed by atoms with Crippen molar-refractivity contribution in [1.82, 2.24) is 14.7 Å². The molecule has 1 amide bonds. The van der Waals surface area contributed by atoms with E-state index in [2.05, 4.69) is 9.82 Å². The summed E-state index contributed by atoms with van der Waals surface area (Å²) in [6.45, 7) is 1.99. The Kier molecular flexibility index (Phi) is 7.19. The van der Waals surface area contributed by atoms with Crippen LogP contribution >= 0.6 is 11.6 Å². The number of anilines is 1. The van der Waals surface area contributed by atoms with Gasteiger partial charge in [0.15, 0.2) is 0 Å². The molecular formula is C22H25ClN4O5S. The smallest absolute Gasteiger partial charge is 0.262 e. The van der Waals surface area contributed by atoms with Crippen LogP contribution in [0, 0.1) is 6.92 Å². The zero-order valence-corrected chi connectivity index (χ0v) is 20.5. The van der Waals surface area contributed by atoms with E-state index in [1.165, 1.54) is 37.3 Å². The van der Waals surface area contributed by atoms with Gasteiger partial charge in [0.25, 0.3) is 15.9 Å². The van der Waals surface area contributed by atoms with E-state index in [0.717, 1.165) is 5.56 Å². The molecule has 33 heavy (non-hydrogen) atoms. The number of ether oxygens (including phenoxy) is 2. The maximum atomic E-state index is 13.2. The normalized spacial score (nSPS) is 11.2. The number of nitrogens with one attached hydrogen (secondary N) is 1. The molecule has 1 N–H and O–H groups in total. The van der Waals surface area contributed by atoms with Gasteiger partial charge < -0.3 is 14.4 Å². The average molecular weight is 493 g/mol. The van der Waals surface area contributed by atoms with E-state index in [9.17, 15) is 13.2 Å². The molecule has 0 aliphatic heterocycles. The van der Waals surface area contributed by atoms with Gasteiger partial charge in [-0.2, -0.15) is 5.10 Å². The maximum absolute atomic E-state index is 13.2. The van der Waals surface area contributed by atoms with E-state index in [-0.39, 0.29) is 32.8 Å². The van der Waals surface area contributed by atoms with Crippen molar-refractivity contribution in [2.75, 3.05) is 26.0 Å². The fourth-order valence-corrected chi connectivity index (χ4v) is 4.86. The number of methoxy groups -OCH3 is 2. The first kappa shape index (κ1) is 24.4. The van der Waals surface area contributed by atoms with Crippen LogP contribution in [-0.4, -0.2) is 50.3 Å². The molecule has 0 saturated carbocycles. The van der Waals surface area contributed by atoms with Crippen molar-refractivity contribution >= 4 is 33.2 Å². The lowest BCUT2D eigenvalue weighted by molar-refractivity contribution is 0.0785. The molecule has 0 aliphatic rings. The van der Waals surface area contributed by atoms with Gasteiger partial charge in [-0.05, 0) is 30.7 Å². The molecule has 0 bridgehead atoms. The van der Waals surface area contributed by atoms with E-state index in [4.69, 9.17) is 21.1 Å². The number of carbonyl (C=O) groups is 1. The summed E-state index contributed by atoms with van der Waals surface area (Å²) in [6.07, 6.45) is 3.48. The Labute approximate surface area is 197 Å². The van der Waals surface area contributed by atoms with Crippen LogP contribution in [0.25, 0.3) is 0 Å². The highest BCUT2D eigenvalue weighted by molar-refractivity contribution is 7.92. The molecule has 9 nitrogen and oxygen atoms in total. The zero-order chi connectivity index (χ0) is 24.3. The van der Waals surface area contributed by atoms with Gasteiger partial charge in [-0.1, -0.05) is 17.7 Å². The first-order valence-corrected chi connectivity index (χ1v) is 11.7. The molecule has 3 aromatic rings. The summed E-state index contributed by atoms with van der Waals surface area (Å²) in [5.74, 6) is 0.262. The second-order valence-electron chi connectivity index (χ2n) is 7.46. The molecule has 0 radical (unpaired) electrons. The fraction of sp³-hybridized carbons (Fsp3) is 0.273. The Hall–Kier alpha value is -3.24. The lowest BCUT2D eigenvalue weighted by Gasteiger charge is -2.18. The first-order valence-electron chi connectivity index (χ1n) is 9.83. The maximum Gasteiger partial charge on any atom is 0.262 e. The first-order chi connectivity index (χ1) is 15.6. The molecule has 0 unspecified atom stereocenters. The second-order valence-corrected chi connectivity index (χ2v) is 9.51. The van der Waals surface area contributed by atoms with Crippen LogP contribution in [0.15, 0.2) is 47.6 Å². The number of carbonyl (C=O) groups excluding carboxylic acids is 1. The third kappa shape index (κ3) is 5.40. The summed E-state index contributed by atoms with van der Waals surface area (Å²) < 4.78 is 41.0. The number of nitrogens with zero attached hydrogens (tertiary/aromatic N) is 3. The predicted molar refractivity (Wildman–Crippen MR) is 126 cm³/mol. The van der Waals surface area contributed by atoms with Crippen molar-refractivity contribution < 1.29 is 22.7 Å². The Morgan fingerprint density at radius 1 is 1.18 bits per heavy atom.